The summed E-state index contributed by atoms with van der Waals surface area (Å²) in [5.41, 5.74) is 6.06. The van der Waals surface area contributed by atoms with Gasteiger partial charge < -0.3 is 5.73 Å². The van der Waals surface area contributed by atoms with E-state index in [4.69, 9.17) is 5.73 Å². The van der Waals surface area contributed by atoms with Gasteiger partial charge in [0.2, 0.25) is 11.9 Å². The number of hydrogen-bond donors (Lipinski definition) is 2. The molecule has 5 nitrogen and oxygen atoms in total. The Balaban J connectivity index is 2.02. The predicted octanol–water partition coefficient (Wildman–Crippen LogP) is 1.43. The van der Waals surface area contributed by atoms with Gasteiger partial charge in [-0.3, -0.25) is 14.9 Å². The normalized spacial score (nSPS) is 16.6. The molecule has 116 valence electrons. The van der Waals surface area contributed by atoms with Crippen molar-refractivity contribution < 1.29 is 9.59 Å². The van der Waals surface area contributed by atoms with Gasteiger partial charge in [-0.1, -0.05) is 60.7 Å². The van der Waals surface area contributed by atoms with Crippen molar-refractivity contribution in [2.75, 3.05) is 0 Å². The second kappa shape index (κ2) is 6.04. The molecule has 0 spiro atoms. The van der Waals surface area contributed by atoms with Crippen molar-refractivity contribution in [2.45, 2.75) is 12.8 Å². The molecule has 1 aliphatic heterocycles. The summed E-state index contributed by atoms with van der Waals surface area (Å²) in [6.07, 6.45) is 0.564. The van der Waals surface area contributed by atoms with Crippen LogP contribution in [0.1, 0.15) is 11.1 Å². The van der Waals surface area contributed by atoms with E-state index in [-0.39, 0.29) is 18.8 Å². The lowest BCUT2D eigenvalue weighted by Crippen LogP contribution is -2.56. The van der Waals surface area contributed by atoms with Gasteiger partial charge in [-0.25, -0.2) is 0 Å². The summed E-state index contributed by atoms with van der Waals surface area (Å²) in [6.45, 7) is 0. The van der Waals surface area contributed by atoms with E-state index >= 15 is 0 Å². The van der Waals surface area contributed by atoms with E-state index in [0.717, 1.165) is 11.1 Å². The Bertz CT molecular complexity index is 713. The molecule has 0 saturated carbocycles. The van der Waals surface area contributed by atoms with Gasteiger partial charge in [-0.2, -0.15) is 4.99 Å². The van der Waals surface area contributed by atoms with Crippen molar-refractivity contribution in [3.8, 4) is 0 Å². The molecule has 2 aromatic rings. The molecule has 0 saturated heterocycles. The largest absolute Gasteiger partial charge is 0.369 e. The van der Waals surface area contributed by atoms with Gasteiger partial charge in [-0.15, -0.1) is 0 Å². The third-order valence-corrected chi connectivity index (χ3v) is 4.01. The molecule has 2 aromatic carbocycles. The highest BCUT2D eigenvalue weighted by Crippen LogP contribution is 2.32. The lowest BCUT2D eigenvalue weighted by atomic mass is 9.74. The van der Waals surface area contributed by atoms with Crippen LogP contribution in [-0.4, -0.2) is 17.8 Å². The van der Waals surface area contributed by atoms with Crippen LogP contribution in [0.4, 0.5) is 0 Å². The monoisotopic (exact) mass is 307 g/mol. The molecule has 1 aliphatic rings. The Hall–Kier alpha value is -2.95. The van der Waals surface area contributed by atoms with Crippen molar-refractivity contribution >= 4 is 17.8 Å². The van der Waals surface area contributed by atoms with E-state index in [9.17, 15) is 9.59 Å². The predicted molar refractivity (Wildman–Crippen MR) is 87.5 cm³/mol. The van der Waals surface area contributed by atoms with E-state index in [1.54, 1.807) is 0 Å². The molecule has 0 unspecified atom stereocenters. The number of nitrogens with zero attached hydrogens (tertiary/aromatic N) is 1. The zero-order valence-electron chi connectivity index (χ0n) is 12.5. The number of aliphatic imine (C=N–C) groups is 1. The molecule has 0 atom stereocenters. The van der Waals surface area contributed by atoms with Gasteiger partial charge in [0.25, 0.3) is 5.91 Å². The van der Waals surface area contributed by atoms with Crippen LogP contribution >= 0.6 is 0 Å². The standard InChI is InChI=1S/C18H17N3O2/c19-17-20-15(22)18(16(23)21-17,11-13-7-3-1-4-8-13)12-14-9-5-2-6-10-14/h1-10H,11-12H2,(H3,19,20,21,22,23). The minimum Gasteiger partial charge on any atom is -0.369 e. The maximum absolute atomic E-state index is 12.7. The Morgan fingerprint density at radius 1 is 0.870 bits per heavy atom. The van der Waals surface area contributed by atoms with Crippen LogP contribution in [0.15, 0.2) is 65.7 Å². The molecule has 2 amide bonds. The van der Waals surface area contributed by atoms with E-state index in [1.165, 1.54) is 0 Å². The highest BCUT2D eigenvalue weighted by atomic mass is 16.2. The molecule has 5 heteroatoms. The molecule has 3 rings (SSSR count). The summed E-state index contributed by atoms with van der Waals surface area (Å²) in [7, 11) is 0. The zero-order valence-corrected chi connectivity index (χ0v) is 12.5. The Labute approximate surface area is 134 Å². The van der Waals surface area contributed by atoms with E-state index in [0.29, 0.717) is 0 Å². The first-order valence-corrected chi connectivity index (χ1v) is 7.38. The molecular weight excluding hydrogens is 290 g/mol. The fourth-order valence-electron chi connectivity index (χ4n) is 2.84. The number of nitrogens with one attached hydrogen (secondary N) is 1. The maximum atomic E-state index is 12.7. The highest BCUT2D eigenvalue weighted by molar-refractivity contribution is 6.18. The van der Waals surface area contributed by atoms with Crippen LogP contribution in [0.3, 0.4) is 0 Å². The minimum absolute atomic E-state index is 0.142. The number of amides is 2. The van der Waals surface area contributed by atoms with E-state index in [1.807, 2.05) is 60.7 Å². The van der Waals surface area contributed by atoms with Crippen molar-refractivity contribution in [1.29, 1.82) is 0 Å². The van der Waals surface area contributed by atoms with Crippen LogP contribution in [0.25, 0.3) is 0 Å². The second-order valence-corrected chi connectivity index (χ2v) is 5.66. The number of guanidine groups is 1. The number of nitrogens with two attached hydrogens (primary N) is 1. The fraction of sp³-hybridized carbons (Fsp3) is 0.167. The topological polar surface area (TPSA) is 84.5 Å². The van der Waals surface area contributed by atoms with Crippen LogP contribution in [0.2, 0.25) is 0 Å². The van der Waals surface area contributed by atoms with Crippen LogP contribution in [0, 0.1) is 5.41 Å². The molecule has 0 fully saturated rings. The van der Waals surface area contributed by atoms with Gasteiger partial charge in [-0.05, 0) is 24.0 Å². The Kier molecular flexibility index (Phi) is 3.93. The van der Waals surface area contributed by atoms with Crippen molar-refractivity contribution in [2.24, 2.45) is 16.1 Å². The molecule has 23 heavy (non-hydrogen) atoms. The Morgan fingerprint density at radius 3 is 1.78 bits per heavy atom. The van der Waals surface area contributed by atoms with Gasteiger partial charge >= 0.3 is 0 Å². The average Bonchev–Trinajstić information content (AvgIpc) is 2.54. The molecular formula is C18H17N3O2. The summed E-state index contributed by atoms with van der Waals surface area (Å²) in [5, 5.41) is 2.51. The highest BCUT2D eigenvalue weighted by Gasteiger charge is 2.48. The van der Waals surface area contributed by atoms with Gasteiger partial charge in [0.1, 0.15) is 5.41 Å². The first kappa shape index (κ1) is 15.0. The quantitative estimate of drug-likeness (QED) is 0.838. The lowest BCUT2D eigenvalue weighted by molar-refractivity contribution is -0.141. The fourth-order valence-corrected chi connectivity index (χ4v) is 2.84. The minimum atomic E-state index is -1.27. The summed E-state index contributed by atoms with van der Waals surface area (Å²) in [4.78, 5) is 29.1. The molecule has 1 heterocycles. The van der Waals surface area contributed by atoms with Gasteiger partial charge in [0.05, 0.1) is 0 Å². The molecule has 3 N–H and O–H groups in total. The number of benzene rings is 2. The molecule has 0 aliphatic carbocycles. The van der Waals surface area contributed by atoms with Crippen LogP contribution in [-0.2, 0) is 22.4 Å². The number of carbonyl (C=O) groups excluding carboxylic acids is 2. The molecule has 0 bridgehead atoms. The number of hydrogen-bond acceptors (Lipinski definition) is 3. The third-order valence-electron chi connectivity index (χ3n) is 4.01. The van der Waals surface area contributed by atoms with Gasteiger partial charge in [0.15, 0.2) is 0 Å². The van der Waals surface area contributed by atoms with Crippen LogP contribution in [0.5, 0.6) is 0 Å². The first-order valence-electron chi connectivity index (χ1n) is 7.38. The van der Waals surface area contributed by atoms with Gasteiger partial charge in [0, 0.05) is 0 Å². The summed E-state index contributed by atoms with van der Waals surface area (Å²) >= 11 is 0. The molecule has 0 aromatic heterocycles. The molecule has 0 radical (unpaired) electrons. The van der Waals surface area contributed by atoms with E-state index in [2.05, 4.69) is 10.3 Å². The van der Waals surface area contributed by atoms with E-state index < -0.39 is 17.2 Å². The lowest BCUT2D eigenvalue weighted by Gasteiger charge is -2.32. The number of carbonyl (C=O) groups is 2. The zero-order chi connectivity index (χ0) is 16.3. The summed E-state index contributed by atoms with van der Waals surface area (Å²) < 4.78 is 0. The number of rotatable bonds is 4. The second-order valence-electron chi connectivity index (χ2n) is 5.66. The summed E-state index contributed by atoms with van der Waals surface area (Å²) in [5.74, 6) is -1.04. The third kappa shape index (κ3) is 2.99. The van der Waals surface area contributed by atoms with Crippen molar-refractivity contribution in [3.63, 3.8) is 0 Å². The SMILES string of the molecule is NC1=NC(=O)C(Cc2ccccc2)(Cc2ccccc2)C(=O)N1. The maximum Gasteiger partial charge on any atom is 0.265 e. The summed E-state index contributed by atoms with van der Waals surface area (Å²) in [6, 6.07) is 18.9. The first-order chi connectivity index (χ1) is 11.1. The van der Waals surface area contributed by atoms with Crippen LogP contribution < -0.4 is 11.1 Å². The smallest absolute Gasteiger partial charge is 0.265 e. The van der Waals surface area contributed by atoms with Crippen molar-refractivity contribution in [3.05, 3.63) is 71.8 Å². The average molecular weight is 307 g/mol. The Morgan fingerprint density at radius 2 is 1.35 bits per heavy atom. The van der Waals surface area contributed by atoms with Crippen molar-refractivity contribution in [1.82, 2.24) is 5.32 Å².